The van der Waals surface area contributed by atoms with Crippen LogP contribution in [0.3, 0.4) is 0 Å². The zero-order chi connectivity index (χ0) is 15.2. The van der Waals surface area contributed by atoms with Gasteiger partial charge < -0.3 is 52.5 Å². The van der Waals surface area contributed by atoms with Crippen LogP contribution in [0.4, 0.5) is 0 Å². The number of aromatic hydroxyl groups is 1. The Labute approximate surface area is 178 Å². The van der Waals surface area contributed by atoms with Gasteiger partial charge in [0, 0.05) is 41.3 Å². The Morgan fingerprint density at radius 2 is 1.27 bits per heavy atom. The second-order valence-electron chi connectivity index (χ2n) is 3.50. The van der Waals surface area contributed by atoms with Crippen molar-refractivity contribution in [3.8, 4) is 5.75 Å². The molecular formula is C22H36O3Ti-6. The minimum absolute atomic E-state index is 0. The van der Waals surface area contributed by atoms with Crippen LogP contribution in [0, 0.1) is 43.2 Å². The topological polar surface area (TPSA) is 60.7 Å². The SMILES string of the molecule is CO.CO.Oc1cccc2ccccc12.[C-]1=CC=CC1.[CH3-].[CH3-].[CH3-].[CH3-].[CH3-].[Ti]. The van der Waals surface area contributed by atoms with E-state index in [1.807, 2.05) is 48.6 Å². The Hall–Kier alpha value is -1.39. The van der Waals surface area contributed by atoms with Crippen LogP contribution in [0.15, 0.2) is 60.7 Å². The van der Waals surface area contributed by atoms with E-state index in [-0.39, 0.29) is 58.9 Å². The number of hydrogen-bond donors (Lipinski definition) is 3. The predicted molar refractivity (Wildman–Crippen MR) is 116 cm³/mol. The van der Waals surface area contributed by atoms with Crippen LogP contribution in [0.1, 0.15) is 6.42 Å². The van der Waals surface area contributed by atoms with Crippen LogP contribution in [0.25, 0.3) is 10.8 Å². The average molecular weight is 396 g/mol. The summed E-state index contributed by atoms with van der Waals surface area (Å²) in [4.78, 5) is 0. The van der Waals surface area contributed by atoms with Crippen LogP contribution in [-0.4, -0.2) is 29.5 Å². The minimum Gasteiger partial charge on any atom is -0.507 e. The number of rotatable bonds is 0. The smallest absolute Gasteiger partial charge is 0.123 e. The molecule has 0 unspecified atom stereocenters. The molecule has 0 amide bonds. The van der Waals surface area contributed by atoms with E-state index in [0.717, 1.165) is 31.4 Å². The van der Waals surface area contributed by atoms with E-state index in [4.69, 9.17) is 10.2 Å². The summed E-state index contributed by atoms with van der Waals surface area (Å²) in [7, 11) is 2.00. The molecular weight excluding hydrogens is 360 g/mol. The summed E-state index contributed by atoms with van der Waals surface area (Å²) in [5.41, 5.74) is 0. The molecule has 0 bridgehead atoms. The summed E-state index contributed by atoms with van der Waals surface area (Å²) in [6, 6.07) is 13.3. The molecule has 26 heavy (non-hydrogen) atoms. The molecule has 3 rings (SSSR count). The number of aliphatic hydroxyl groups is 2. The normalized spacial score (nSPS) is 8.15. The maximum absolute atomic E-state index is 9.37. The summed E-state index contributed by atoms with van der Waals surface area (Å²) < 4.78 is 0. The standard InChI is InChI=1S/C10H8O.C5H5.2CH4O.5CH3.Ti/c11-10-7-3-5-8-4-1-2-6-9(8)10;1-2-4-5-3-1;2*1-2;;;;;;/h1-7,11H;1-3H,4H2;2*2H,1H3;5*1H3;/q;-1;;;5*-1;. The van der Waals surface area contributed by atoms with Crippen LogP contribution in [-0.2, 0) is 21.7 Å². The Morgan fingerprint density at radius 3 is 1.65 bits per heavy atom. The van der Waals surface area contributed by atoms with Gasteiger partial charge in [0.1, 0.15) is 5.75 Å². The number of hydrogen-bond acceptors (Lipinski definition) is 3. The molecule has 0 saturated heterocycles. The molecule has 4 heteroatoms. The zero-order valence-corrected chi connectivity index (χ0v) is 18.9. The van der Waals surface area contributed by atoms with Gasteiger partial charge in [0.05, 0.1) is 0 Å². The molecule has 3 nitrogen and oxygen atoms in total. The van der Waals surface area contributed by atoms with Gasteiger partial charge in [-0.2, -0.15) is 6.08 Å². The van der Waals surface area contributed by atoms with E-state index in [1.54, 1.807) is 6.07 Å². The first-order valence-electron chi connectivity index (χ1n) is 6.16. The van der Waals surface area contributed by atoms with Crippen LogP contribution >= 0.6 is 0 Å². The van der Waals surface area contributed by atoms with E-state index >= 15 is 0 Å². The maximum atomic E-state index is 9.37. The number of phenolic OH excluding ortho intramolecular Hbond substituents is 1. The average Bonchev–Trinajstić information content (AvgIpc) is 3.12. The third kappa shape index (κ3) is 17.4. The van der Waals surface area contributed by atoms with Crippen molar-refractivity contribution in [1.29, 1.82) is 0 Å². The van der Waals surface area contributed by atoms with Gasteiger partial charge in [-0.15, -0.1) is 6.42 Å². The minimum atomic E-state index is 0. The molecule has 1 aliphatic carbocycles. The van der Waals surface area contributed by atoms with Crippen LogP contribution in [0.5, 0.6) is 5.75 Å². The molecule has 2 aromatic rings. The molecule has 2 aromatic carbocycles. The third-order valence-corrected chi connectivity index (χ3v) is 2.35. The van der Waals surface area contributed by atoms with Crippen molar-refractivity contribution in [3.05, 3.63) is 104 Å². The maximum Gasteiger partial charge on any atom is 0.123 e. The zero-order valence-electron chi connectivity index (χ0n) is 17.3. The molecule has 0 heterocycles. The first-order valence-corrected chi connectivity index (χ1v) is 6.16. The molecule has 0 saturated carbocycles. The molecule has 1 aliphatic rings. The number of fused-ring (bicyclic) bond motifs is 1. The summed E-state index contributed by atoms with van der Waals surface area (Å²) in [6.07, 6.45) is 10.0. The Morgan fingerprint density at radius 1 is 0.769 bits per heavy atom. The van der Waals surface area contributed by atoms with Crippen molar-refractivity contribution in [2.45, 2.75) is 6.42 Å². The van der Waals surface area contributed by atoms with Crippen LogP contribution < -0.4 is 0 Å². The van der Waals surface area contributed by atoms with Crippen molar-refractivity contribution >= 4 is 10.8 Å². The first-order chi connectivity index (χ1) is 9.88. The molecule has 3 N–H and O–H groups in total. The van der Waals surface area contributed by atoms with Crippen molar-refractivity contribution < 1.29 is 37.0 Å². The van der Waals surface area contributed by atoms with E-state index in [9.17, 15) is 5.11 Å². The monoisotopic (exact) mass is 396 g/mol. The van der Waals surface area contributed by atoms with Gasteiger partial charge in [0.2, 0.25) is 0 Å². The summed E-state index contributed by atoms with van der Waals surface area (Å²) in [5, 5.41) is 25.4. The summed E-state index contributed by atoms with van der Waals surface area (Å²) >= 11 is 0. The van der Waals surface area contributed by atoms with Gasteiger partial charge >= 0.3 is 0 Å². The quantitative estimate of drug-likeness (QED) is 0.417. The molecule has 152 valence electrons. The summed E-state index contributed by atoms with van der Waals surface area (Å²) in [6.45, 7) is 0. The Bertz CT molecular complexity index is 522. The van der Waals surface area contributed by atoms with E-state index in [0.29, 0.717) is 5.75 Å². The van der Waals surface area contributed by atoms with Gasteiger partial charge in [-0.1, -0.05) is 36.4 Å². The third-order valence-electron chi connectivity index (χ3n) is 2.35. The second-order valence-corrected chi connectivity index (χ2v) is 3.50. The van der Waals surface area contributed by atoms with Crippen molar-refractivity contribution in [2.24, 2.45) is 0 Å². The predicted octanol–water partition coefficient (Wildman–Crippen LogP) is 5.32. The van der Waals surface area contributed by atoms with Crippen molar-refractivity contribution in [1.82, 2.24) is 0 Å². The van der Waals surface area contributed by atoms with Gasteiger partial charge in [-0.3, -0.25) is 6.08 Å². The fourth-order valence-corrected chi connectivity index (χ4v) is 1.55. The number of aliphatic hydroxyl groups excluding tert-OH is 2. The molecule has 0 radical (unpaired) electrons. The van der Waals surface area contributed by atoms with Gasteiger partial charge in [-0.25, -0.2) is 12.2 Å². The van der Waals surface area contributed by atoms with Crippen molar-refractivity contribution in [3.63, 3.8) is 0 Å². The number of phenols is 1. The fourth-order valence-electron chi connectivity index (χ4n) is 1.55. The number of allylic oxidation sites excluding steroid dienone is 4. The number of benzene rings is 2. The molecule has 0 aliphatic heterocycles. The largest absolute Gasteiger partial charge is 0.507 e. The van der Waals surface area contributed by atoms with Crippen molar-refractivity contribution in [2.75, 3.05) is 14.2 Å². The molecule has 0 aromatic heterocycles. The van der Waals surface area contributed by atoms with E-state index < -0.39 is 0 Å². The second kappa shape index (κ2) is 31.4. The molecule has 0 atom stereocenters. The van der Waals surface area contributed by atoms with E-state index in [2.05, 4.69) is 12.2 Å². The first kappa shape index (κ1) is 44.2. The van der Waals surface area contributed by atoms with Gasteiger partial charge in [0.25, 0.3) is 0 Å². The van der Waals surface area contributed by atoms with Crippen LogP contribution in [0.2, 0.25) is 0 Å². The van der Waals surface area contributed by atoms with Gasteiger partial charge in [-0.05, 0) is 11.5 Å². The van der Waals surface area contributed by atoms with Gasteiger partial charge in [0.15, 0.2) is 0 Å². The Kier molecular flexibility index (Phi) is 53.4. The Balaban J connectivity index is -0.0000000426. The fraction of sp³-hybridized carbons (Fsp3) is 0.136. The molecule has 0 fully saturated rings. The molecule has 0 spiro atoms. The van der Waals surface area contributed by atoms with E-state index in [1.165, 1.54) is 0 Å². The summed E-state index contributed by atoms with van der Waals surface area (Å²) in [5.74, 6) is 0.350.